The zero-order chi connectivity index (χ0) is 19.3. The van der Waals surface area contributed by atoms with E-state index in [1.165, 1.54) is 11.3 Å². The van der Waals surface area contributed by atoms with E-state index in [1.807, 2.05) is 42.3 Å². The van der Waals surface area contributed by atoms with Gasteiger partial charge in [-0.05, 0) is 26.5 Å². The summed E-state index contributed by atoms with van der Waals surface area (Å²) in [5.41, 5.74) is 4.07. The number of likely N-dealkylation sites (N-methyl/N-ethyl adjacent to an activating group) is 1. The number of likely N-dealkylation sites (tertiary alicyclic amines) is 1. The van der Waals surface area contributed by atoms with Gasteiger partial charge in [0.25, 0.3) is 5.91 Å². The van der Waals surface area contributed by atoms with Crippen LogP contribution in [0.1, 0.15) is 45.5 Å². The van der Waals surface area contributed by atoms with Crippen LogP contribution in [0.3, 0.4) is 0 Å². The van der Waals surface area contributed by atoms with Crippen LogP contribution in [-0.4, -0.2) is 52.4 Å². The van der Waals surface area contributed by atoms with Gasteiger partial charge in [-0.15, -0.1) is 0 Å². The Hall–Kier alpha value is -2.73. The van der Waals surface area contributed by atoms with Crippen LogP contribution in [0.2, 0.25) is 0 Å². The first-order valence-electron chi connectivity index (χ1n) is 9.91. The minimum atomic E-state index is -0.0317. The average molecular weight is 376 g/mol. The Kier molecular flexibility index (Phi) is 4.16. The molecule has 0 aliphatic carbocycles. The third kappa shape index (κ3) is 2.88. The van der Waals surface area contributed by atoms with Gasteiger partial charge in [-0.1, -0.05) is 18.2 Å². The van der Waals surface area contributed by atoms with Gasteiger partial charge in [-0.2, -0.15) is 0 Å². The van der Waals surface area contributed by atoms with Crippen LogP contribution in [0.5, 0.6) is 0 Å². The van der Waals surface area contributed by atoms with Gasteiger partial charge in [0.1, 0.15) is 11.4 Å². The van der Waals surface area contributed by atoms with E-state index >= 15 is 0 Å². The van der Waals surface area contributed by atoms with Gasteiger partial charge >= 0.3 is 0 Å². The first-order valence-corrected chi connectivity index (χ1v) is 9.91. The van der Waals surface area contributed by atoms with Crippen LogP contribution >= 0.6 is 0 Å². The van der Waals surface area contributed by atoms with Crippen LogP contribution in [0, 0.1) is 6.92 Å². The number of hydrogen-bond acceptors (Lipinski definition) is 5. The minimum Gasteiger partial charge on any atom is -0.451 e. The second-order valence-corrected chi connectivity index (χ2v) is 7.98. The second kappa shape index (κ2) is 6.71. The van der Waals surface area contributed by atoms with E-state index in [-0.39, 0.29) is 11.8 Å². The highest BCUT2D eigenvalue weighted by Gasteiger charge is 2.32. The smallest absolute Gasteiger partial charge is 0.289 e. The number of nitrogens with zero attached hydrogens (tertiary/aromatic N) is 4. The summed E-state index contributed by atoms with van der Waals surface area (Å²) < 4.78 is 5.87. The number of amides is 1. The highest BCUT2D eigenvalue weighted by atomic mass is 16.3. The molecule has 0 radical (unpaired) electrons. The van der Waals surface area contributed by atoms with Crippen molar-refractivity contribution in [2.75, 3.05) is 26.7 Å². The molecule has 1 saturated heterocycles. The van der Waals surface area contributed by atoms with E-state index in [0.717, 1.165) is 48.3 Å². The van der Waals surface area contributed by atoms with Gasteiger partial charge in [0.15, 0.2) is 5.76 Å². The molecular weight excluding hydrogens is 352 g/mol. The summed E-state index contributed by atoms with van der Waals surface area (Å²) in [6.07, 6.45) is 3.83. The number of rotatable bonds is 2. The first kappa shape index (κ1) is 17.4. The lowest BCUT2D eigenvalue weighted by Gasteiger charge is -2.24. The van der Waals surface area contributed by atoms with Gasteiger partial charge in [0.2, 0.25) is 0 Å². The Morgan fingerprint density at radius 3 is 2.96 bits per heavy atom. The molecule has 4 heterocycles. The van der Waals surface area contributed by atoms with Gasteiger partial charge in [0, 0.05) is 66.9 Å². The van der Waals surface area contributed by atoms with E-state index in [0.29, 0.717) is 18.8 Å². The van der Waals surface area contributed by atoms with E-state index in [1.54, 1.807) is 0 Å². The standard InChI is InChI=1S/C22H24N4O2/c1-14-17-5-3-4-6-19(17)28-20(14)22(27)26-10-7-15(13-26)21-23-11-16-12-25(2)9-8-18(16)24-21/h3-6,11,15H,7-10,12-13H2,1-2H3/t15-/m0/s1. The zero-order valence-electron chi connectivity index (χ0n) is 16.3. The highest BCUT2D eigenvalue weighted by molar-refractivity contribution is 5.99. The van der Waals surface area contributed by atoms with Crippen LogP contribution < -0.4 is 0 Å². The van der Waals surface area contributed by atoms with Gasteiger partial charge in [-0.25, -0.2) is 9.97 Å². The number of aryl methyl sites for hydroxylation is 1. The van der Waals surface area contributed by atoms with Crippen molar-refractivity contribution in [3.63, 3.8) is 0 Å². The fourth-order valence-electron chi connectivity index (χ4n) is 4.35. The Labute approximate surface area is 164 Å². The molecule has 1 aromatic carbocycles. The summed E-state index contributed by atoms with van der Waals surface area (Å²) in [5, 5.41) is 1.00. The summed E-state index contributed by atoms with van der Waals surface area (Å²) in [7, 11) is 2.12. The number of furan rings is 1. The molecule has 0 spiro atoms. The highest BCUT2D eigenvalue weighted by Crippen LogP contribution is 2.30. The summed E-state index contributed by atoms with van der Waals surface area (Å²) in [4.78, 5) is 26.7. The maximum Gasteiger partial charge on any atom is 0.289 e. The third-order valence-corrected chi connectivity index (χ3v) is 6.02. The zero-order valence-corrected chi connectivity index (χ0v) is 16.3. The molecule has 3 aromatic rings. The number of carbonyl (C=O) groups is 1. The van der Waals surface area contributed by atoms with Crippen molar-refractivity contribution < 1.29 is 9.21 Å². The Balaban J connectivity index is 1.35. The molecule has 144 valence electrons. The molecule has 5 rings (SSSR count). The van der Waals surface area contributed by atoms with Crippen LogP contribution in [0.15, 0.2) is 34.9 Å². The molecule has 2 aliphatic rings. The Bertz CT molecular complexity index is 1060. The molecule has 0 N–H and O–H groups in total. The summed E-state index contributed by atoms with van der Waals surface area (Å²) >= 11 is 0. The van der Waals surface area contributed by atoms with Crippen molar-refractivity contribution in [3.05, 3.63) is 58.9 Å². The normalized spacial score (nSPS) is 19.9. The third-order valence-electron chi connectivity index (χ3n) is 6.02. The number of benzene rings is 1. The van der Waals surface area contributed by atoms with Crippen molar-refractivity contribution in [2.45, 2.75) is 32.2 Å². The molecule has 0 saturated carbocycles. The quantitative estimate of drug-likeness (QED) is 0.688. The lowest BCUT2D eigenvalue weighted by molar-refractivity contribution is 0.0760. The van der Waals surface area contributed by atoms with Crippen molar-refractivity contribution in [1.29, 1.82) is 0 Å². The molecule has 0 bridgehead atoms. The largest absolute Gasteiger partial charge is 0.451 e. The van der Waals surface area contributed by atoms with Crippen molar-refractivity contribution >= 4 is 16.9 Å². The molecule has 6 heteroatoms. The van der Waals surface area contributed by atoms with Crippen molar-refractivity contribution in [1.82, 2.24) is 19.8 Å². The summed E-state index contributed by atoms with van der Waals surface area (Å²) in [6, 6.07) is 7.80. The Morgan fingerprint density at radius 1 is 1.25 bits per heavy atom. The molecule has 1 fully saturated rings. The number of fused-ring (bicyclic) bond motifs is 2. The maximum absolute atomic E-state index is 13.1. The van der Waals surface area contributed by atoms with E-state index in [4.69, 9.17) is 9.40 Å². The number of hydrogen-bond donors (Lipinski definition) is 0. The number of aromatic nitrogens is 2. The van der Waals surface area contributed by atoms with Crippen LogP contribution in [0.4, 0.5) is 0 Å². The minimum absolute atomic E-state index is 0.0317. The van der Waals surface area contributed by atoms with Gasteiger partial charge in [0.05, 0.1) is 0 Å². The number of para-hydroxylation sites is 1. The molecular formula is C22H24N4O2. The van der Waals surface area contributed by atoms with Crippen molar-refractivity contribution in [3.8, 4) is 0 Å². The fourth-order valence-corrected chi connectivity index (χ4v) is 4.35. The second-order valence-electron chi connectivity index (χ2n) is 7.98. The van der Waals surface area contributed by atoms with E-state index < -0.39 is 0 Å². The average Bonchev–Trinajstić information content (AvgIpc) is 3.33. The molecule has 28 heavy (non-hydrogen) atoms. The molecule has 2 aliphatic heterocycles. The number of carbonyl (C=O) groups excluding carboxylic acids is 1. The van der Waals surface area contributed by atoms with Crippen molar-refractivity contribution in [2.24, 2.45) is 0 Å². The predicted molar refractivity (Wildman–Crippen MR) is 106 cm³/mol. The fraction of sp³-hybridized carbons (Fsp3) is 0.409. The molecule has 6 nitrogen and oxygen atoms in total. The van der Waals surface area contributed by atoms with E-state index in [9.17, 15) is 4.79 Å². The Morgan fingerprint density at radius 2 is 2.11 bits per heavy atom. The maximum atomic E-state index is 13.1. The molecule has 0 unspecified atom stereocenters. The van der Waals surface area contributed by atoms with Crippen LogP contribution in [0.25, 0.3) is 11.0 Å². The van der Waals surface area contributed by atoms with Gasteiger partial charge in [-0.3, -0.25) is 4.79 Å². The molecule has 2 aromatic heterocycles. The summed E-state index contributed by atoms with van der Waals surface area (Å²) in [5.74, 6) is 1.49. The first-order chi connectivity index (χ1) is 13.6. The lowest BCUT2D eigenvalue weighted by Crippen LogP contribution is -2.29. The predicted octanol–water partition coefficient (Wildman–Crippen LogP) is 3.15. The monoisotopic (exact) mass is 376 g/mol. The van der Waals surface area contributed by atoms with E-state index in [2.05, 4.69) is 16.9 Å². The summed E-state index contributed by atoms with van der Waals surface area (Å²) in [6.45, 7) is 5.26. The SMILES string of the molecule is Cc1c(C(=O)N2CC[C@H](c3ncc4c(n3)CCN(C)C4)C2)oc2ccccc12. The lowest BCUT2D eigenvalue weighted by atomic mass is 10.1. The van der Waals surface area contributed by atoms with Gasteiger partial charge < -0.3 is 14.2 Å². The van der Waals surface area contributed by atoms with Crippen LogP contribution in [-0.2, 0) is 13.0 Å². The molecule has 1 amide bonds. The molecule has 1 atom stereocenters. The topological polar surface area (TPSA) is 62.5 Å².